The third-order valence-electron chi connectivity index (χ3n) is 1.78. The van der Waals surface area contributed by atoms with Gasteiger partial charge in [0, 0.05) is 17.2 Å². The normalized spacial score (nSPS) is 10.9. The van der Waals surface area contributed by atoms with Crippen LogP contribution in [0.25, 0.3) is 0 Å². The molecule has 0 unspecified atom stereocenters. The van der Waals surface area contributed by atoms with Crippen LogP contribution in [0.1, 0.15) is 26.3 Å². The maximum absolute atomic E-state index is 3.42. The van der Waals surface area contributed by atoms with Crippen molar-refractivity contribution in [3.05, 3.63) is 35.9 Å². The predicted molar refractivity (Wildman–Crippen MR) is 72.7 cm³/mol. The minimum absolute atomic E-state index is 0. The van der Waals surface area contributed by atoms with Crippen LogP contribution in [-0.4, -0.2) is 10.6 Å². The zero-order valence-corrected chi connectivity index (χ0v) is 11.3. The number of nitrogens with one attached hydrogen (secondary N) is 1. The molecule has 0 spiro atoms. The number of thioether (sulfide) groups is 1. The maximum Gasteiger partial charge on any atom is 0.0425 e. The predicted octanol–water partition coefficient (Wildman–Crippen LogP) is 3.69. The van der Waals surface area contributed by atoms with Crippen molar-refractivity contribution >= 4 is 24.2 Å². The first kappa shape index (κ1) is 14.8. The fraction of sp³-hybridized carbons (Fsp3) is 0.500. The minimum Gasteiger partial charge on any atom is -0.304 e. The average Bonchev–Trinajstić information content (AvgIpc) is 2.13. The van der Waals surface area contributed by atoms with Crippen molar-refractivity contribution in [3.8, 4) is 0 Å². The first-order chi connectivity index (χ1) is 6.58. The van der Waals surface area contributed by atoms with Gasteiger partial charge in [0.1, 0.15) is 0 Å². The summed E-state index contributed by atoms with van der Waals surface area (Å²) in [6.07, 6.45) is 0. The van der Waals surface area contributed by atoms with Crippen LogP contribution in [0, 0.1) is 0 Å². The van der Waals surface area contributed by atoms with Crippen molar-refractivity contribution in [2.24, 2.45) is 0 Å². The van der Waals surface area contributed by atoms with Gasteiger partial charge in [-0.1, -0.05) is 51.1 Å². The Labute approximate surface area is 103 Å². The Morgan fingerprint density at radius 2 is 1.73 bits per heavy atom. The van der Waals surface area contributed by atoms with Crippen LogP contribution in [0.2, 0.25) is 0 Å². The summed E-state index contributed by atoms with van der Waals surface area (Å²) in [5.74, 6) is 1.01. The van der Waals surface area contributed by atoms with E-state index in [9.17, 15) is 0 Å². The molecular weight excluding hydrogens is 226 g/mol. The monoisotopic (exact) mass is 245 g/mol. The zero-order valence-electron chi connectivity index (χ0n) is 9.62. The van der Waals surface area contributed by atoms with Crippen molar-refractivity contribution in [3.63, 3.8) is 0 Å². The molecule has 0 saturated carbocycles. The highest BCUT2D eigenvalue weighted by atomic mass is 35.5. The van der Waals surface area contributed by atoms with Gasteiger partial charge in [-0.25, -0.2) is 0 Å². The van der Waals surface area contributed by atoms with Crippen LogP contribution in [0.4, 0.5) is 0 Å². The first-order valence-corrected chi connectivity index (χ1v) is 5.95. The van der Waals surface area contributed by atoms with Gasteiger partial charge in [0.15, 0.2) is 0 Å². The third-order valence-corrected chi connectivity index (χ3v) is 2.99. The topological polar surface area (TPSA) is 12.0 Å². The van der Waals surface area contributed by atoms with Crippen LogP contribution < -0.4 is 5.32 Å². The standard InChI is InChI=1S/C12H19NS.ClH/c1-12(2,3)14-10-13-9-11-7-5-4-6-8-11;/h4-8,13H,9-10H2,1-3H3;1H. The summed E-state index contributed by atoms with van der Waals surface area (Å²) in [6.45, 7) is 7.68. The minimum atomic E-state index is 0. The van der Waals surface area contributed by atoms with E-state index in [0.29, 0.717) is 4.75 Å². The first-order valence-electron chi connectivity index (χ1n) is 4.96. The van der Waals surface area contributed by atoms with Gasteiger partial charge < -0.3 is 5.32 Å². The van der Waals surface area contributed by atoms with Crippen molar-refractivity contribution in [1.29, 1.82) is 0 Å². The molecule has 1 nitrogen and oxygen atoms in total. The van der Waals surface area contributed by atoms with Crippen LogP contribution >= 0.6 is 24.2 Å². The SMILES string of the molecule is CC(C)(C)SCNCc1ccccc1.Cl. The van der Waals surface area contributed by atoms with Gasteiger partial charge >= 0.3 is 0 Å². The van der Waals surface area contributed by atoms with E-state index in [1.54, 1.807) is 0 Å². The van der Waals surface area contributed by atoms with Gasteiger partial charge in [0.2, 0.25) is 0 Å². The molecule has 0 amide bonds. The average molecular weight is 246 g/mol. The van der Waals surface area contributed by atoms with Gasteiger partial charge in [-0.05, 0) is 5.56 Å². The molecule has 15 heavy (non-hydrogen) atoms. The smallest absolute Gasteiger partial charge is 0.0425 e. The Bertz CT molecular complexity index is 256. The molecule has 0 aliphatic rings. The largest absolute Gasteiger partial charge is 0.304 e. The van der Waals surface area contributed by atoms with Crippen LogP contribution in [0.3, 0.4) is 0 Å². The van der Waals surface area contributed by atoms with E-state index in [0.717, 1.165) is 12.4 Å². The number of halogens is 1. The fourth-order valence-corrected chi connectivity index (χ4v) is 1.70. The Kier molecular flexibility index (Phi) is 7.07. The lowest BCUT2D eigenvalue weighted by atomic mass is 10.2. The molecule has 1 aromatic rings. The van der Waals surface area contributed by atoms with E-state index in [4.69, 9.17) is 0 Å². The van der Waals surface area contributed by atoms with Gasteiger partial charge in [-0.3, -0.25) is 0 Å². The molecule has 0 atom stereocenters. The molecule has 3 heteroatoms. The summed E-state index contributed by atoms with van der Waals surface area (Å²) >= 11 is 1.94. The Balaban J connectivity index is 0.00000196. The molecule has 1 N–H and O–H groups in total. The van der Waals surface area contributed by atoms with Gasteiger partial charge in [0.05, 0.1) is 0 Å². The number of hydrogen-bond donors (Lipinski definition) is 1. The Morgan fingerprint density at radius 3 is 2.27 bits per heavy atom. The number of hydrogen-bond acceptors (Lipinski definition) is 2. The van der Waals surface area contributed by atoms with Gasteiger partial charge in [-0.2, -0.15) is 0 Å². The van der Waals surface area contributed by atoms with E-state index in [-0.39, 0.29) is 12.4 Å². The summed E-state index contributed by atoms with van der Waals surface area (Å²) < 4.78 is 0.351. The molecule has 0 radical (unpaired) electrons. The molecule has 0 aromatic heterocycles. The second kappa shape index (κ2) is 7.15. The lowest BCUT2D eigenvalue weighted by Gasteiger charge is -2.17. The molecular formula is C12H20ClNS. The lowest BCUT2D eigenvalue weighted by Crippen LogP contribution is -2.18. The van der Waals surface area contributed by atoms with E-state index in [1.165, 1.54) is 5.56 Å². The highest BCUT2D eigenvalue weighted by molar-refractivity contribution is 8.00. The maximum atomic E-state index is 3.42. The third kappa shape index (κ3) is 7.71. The molecule has 0 bridgehead atoms. The van der Waals surface area contributed by atoms with Crippen molar-refractivity contribution in [1.82, 2.24) is 5.32 Å². The molecule has 0 aliphatic heterocycles. The van der Waals surface area contributed by atoms with Crippen LogP contribution in [-0.2, 0) is 6.54 Å². The van der Waals surface area contributed by atoms with Crippen LogP contribution in [0.5, 0.6) is 0 Å². The second-order valence-electron chi connectivity index (χ2n) is 4.31. The second-order valence-corrected chi connectivity index (χ2v) is 6.12. The van der Waals surface area contributed by atoms with E-state index in [2.05, 4.69) is 50.4 Å². The Morgan fingerprint density at radius 1 is 1.13 bits per heavy atom. The highest BCUT2D eigenvalue weighted by Gasteiger charge is 2.08. The molecule has 86 valence electrons. The van der Waals surface area contributed by atoms with Crippen LogP contribution in [0.15, 0.2) is 30.3 Å². The van der Waals surface area contributed by atoms with Gasteiger partial charge in [0.25, 0.3) is 0 Å². The number of benzene rings is 1. The molecule has 0 saturated heterocycles. The summed E-state index contributed by atoms with van der Waals surface area (Å²) in [5, 5.41) is 3.42. The zero-order chi connectivity index (χ0) is 10.4. The fourth-order valence-electron chi connectivity index (χ4n) is 1.06. The molecule has 1 rings (SSSR count). The van der Waals surface area contributed by atoms with E-state index < -0.39 is 0 Å². The quantitative estimate of drug-likeness (QED) is 0.642. The van der Waals surface area contributed by atoms with Crippen molar-refractivity contribution in [2.75, 3.05) is 5.88 Å². The lowest BCUT2D eigenvalue weighted by molar-refractivity contribution is 0.764. The summed E-state index contributed by atoms with van der Waals surface area (Å²) in [6, 6.07) is 10.5. The summed E-state index contributed by atoms with van der Waals surface area (Å²) in [7, 11) is 0. The van der Waals surface area contributed by atoms with Crippen molar-refractivity contribution < 1.29 is 0 Å². The summed E-state index contributed by atoms with van der Waals surface area (Å²) in [5.41, 5.74) is 1.35. The molecule has 0 heterocycles. The van der Waals surface area contributed by atoms with Crippen molar-refractivity contribution in [2.45, 2.75) is 32.1 Å². The molecule has 0 aliphatic carbocycles. The number of rotatable bonds is 4. The molecule has 1 aromatic carbocycles. The van der Waals surface area contributed by atoms with Gasteiger partial charge in [-0.15, -0.1) is 24.2 Å². The molecule has 0 fully saturated rings. The van der Waals surface area contributed by atoms with E-state index >= 15 is 0 Å². The summed E-state index contributed by atoms with van der Waals surface area (Å²) in [4.78, 5) is 0. The Hall–Kier alpha value is -0.180. The van der Waals surface area contributed by atoms with E-state index in [1.807, 2.05) is 17.8 Å². The highest BCUT2D eigenvalue weighted by Crippen LogP contribution is 2.21.